The Morgan fingerprint density at radius 3 is 2.65 bits per heavy atom. The number of hydrogen-bond donors (Lipinski definition) is 1. The van der Waals surface area contributed by atoms with E-state index in [1.54, 1.807) is 0 Å². The van der Waals surface area contributed by atoms with Gasteiger partial charge in [-0.3, -0.25) is 0 Å². The second-order valence-electron chi connectivity index (χ2n) is 5.09. The van der Waals surface area contributed by atoms with Crippen molar-refractivity contribution in [3.63, 3.8) is 0 Å². The van der Waals surface area contributed by atoms with Crippen LogP contribution in [0.2, 0.25) is 0 Å². The van der Waals surface area contributed by atoms with E-state index < -0.39 is 5.60 Å². The quantitative estimate of drug-likeness (QED) is 0.820. The number of ether oxygens (including phenoxy) is 1. The Bertz CT molecular complexity index is 343. The zero-order valence-electron chi connectivity index (χ0n) is 11.4. The fraction of sp³-hybridized carbons (Fsp3) is 0.600. The maximum Gasteiger partial charge on any atom is 0.119 e. The van der Waals surface area contributed by atoms with Crippen molar-refractivity contribution < 1.29 is 9.84 Å². The third-order valence-corrected chi connectivity index (χ3v) is 3.37. The van der Waals surface area contributed by atoms with Crippen molar-refractivity contribution in [1.29, 1.82) is 0 Å². The Kier molecular flexibility index (Phi) is 5.01. The number of aliphatic hydroxyl groups is 1. The SMILES string of the molecule is CCOc1cccc(CCC(C)(O)C(C)C)c1. The van der Waals surface area contributed by atoms with Crippen molar-refractivity contribution in [2.75, 3.05) is 6.61 Å². The molecule has 0 aliphatic carbocycles. The molecule has 0 aromatic heterocycles. The highest BCUT2D eigenvalue weighted by molar-refractivity contribution is 5.28. The summed E-state index contributed by atoms with van der Waals surface area (Å²) in [6, 6.07) is 8.11. The van der Waals surface area contributed by atoms with Crippen molar-refractivity contribution in [2.45, 2.75) is 46.1 Å². The van der Waals surface area contributed by atoms with Crippen LogP contribution in [-0.4, -0.2) is 17.3 Å². The highest BCUT2D eigenvalue weighted by Crippen LogP contribution is 2.23. The normalized spacial score (nSPS) is 14.7. The van der Waals surface area contributed by atoms with Gasteiger partial charge in [-0.25, -0.2) is 0 Å². The summed E-state index contributed by atoms with van der Waals surface area (Å²) in [5.41, 5.74) is 0.624. The molecule has 0 saturated heterocycles. The first-order valence-corrected chi connectivity index (χ1v) is 6.40. The number of rotatable bonds is 6. The van der Waals surface area contributed by atoms with Crippen LogP contribution < -0.4 is 4.74 Å². The standard InChI is InChI=1S/C15H24O2/c1-5-17-14-8-6-7-13(11-14)9-10-15(4,16)12(2)3/h6-8,11-12,16H,5,9-10H2,1-4H3. The molecule has 96 valence electrons. The smallest absolute Gasteiger partial charge is 0.119 e. The summed E-state index contributed by atoms with van der Waals surface area (Å²) in [5, 5.41) is 10.2. The second kappa shape index (κ2) is 6.06. The predicted molar refractivity (Wildman–Crippen MR) is 71.4 cm³/mol. The summed E-state index contributed by atoms with van der Waals surface area (Å²) in [6.45, 7) is 8.68. The lowest BCUT2D eigenvalue weighted by molar-refractivity contribution is 0.00567. The van der Waals surface area contributed by atoms with E-state index >= 15 is 0 Å². The van der Waals surface area contributed by atoms with Crippen molar-refractivity contribution >= 4 is 0 Å². The number of benzene rings is 1. The van der Waals surface area contributed by atoms with E-state index in [1.807, 2.05) is 26.0 Å². The first-order valence-electron chi connectivity index (χ1n) is 6.40. The highest BCUT2D eigenvalue weighted by atomic mass is 16.5. The fourth-order valence-corrected chi connectivity index (χ4v) is 1.64. The van der Waals surface area contributed by atoms with Crippen LogP contribution >= 0.6 is 0 Å². The molecule has 0 radical (unpaired) electrons. The van der Waals surface area contributed by atoms with Gasteiger partial charge in [-0.2, -0.15) is 0 Å². The first-order chi connectivity index (χ1) is 7.95. The number of aryl methyl sites for hydroxylation is 1. The van der Waals surface area contributed by atoms with Crippen LogP contribution in [0.15, 0.2) is 24.3 Å². The summed E-state index contributed by atoms with van der Waals surface area (Å²) in [5.74, 6) is 1.19. The van der Waals surface area contributed by atoms with Crippen molar-refractivity contribution in [3.05, 3.63) is 29.8 Å². The lowest BCUT2D eigenvalue weighted by atomic mass is 9.87. The molecule has 0 bridgehead atoms. The second-order valence-corrected chi connectivity index (χ2v) is 5.09. The Morgan fingerprint density at radius 2 is 2.06 bits per heavy atom. The van der Waals surface area contributed by atoms with E-state index in [4.69, 9.17) is 4.74 Å². The van der Waals surface area contributed by atoms with E-state index in [-0.39, 0.29) is 5.92 Å². The Morgan fingerprint density at radius 1 is 1.35 bits per heavy atom. The lowest BCUT2D eigenvalue weighted by Crippen LogP contribution is -2.31. The molecular weight excluding hydrogens is 212 g/mol. The summed E-state index contributed by atoms with van der Waals surface area (Å²) >= 11 is 0. The molecule has 0 aliphatic rings. The maximum absolute atomic E-state index is 10.2. The molecule has 1 unspecified atom stereocenters. The minimum Gasteiger partial charge on any atom is -0.494 e. The van der Waals surface area contributed by atoms with E-state index in [1.165, 1.54) is 5.56 Å². The van der Waals surface area contributed by atoms with E-state index in [9.17, 15) is 5.11 Å². The van der Waals surface area contributed by atoms with E-state index in [0.29, 0.717) is 6.61 Å². The van der Waals surface area contributed by atoms with E-state index in [2.05, 4.69) is 26.0 Å². The van der Waals surface area contributed by atoms with Gasteiger partial charge in [-0.1, -0.05) is 26.0 Å². The van der Waals surface area contributed by atoms with E-state index in [0.717, 1.165) is 18.6 Å². The molecule has 1 N–H and O–H groups in total. The Hall–Kier alpha value is -1.02. The van der Waals surface area contributed by atoms with Crippen LogP contribution in [0.3, 0.4) is 0 Å². The summed E-state index contributed by atoms with van der Waals surface area (Å²) < 4.78 is 5.46. The molecule has 0 amide bonds. The summed E-state index contributed by atoms with van der Waals surface area (Å²) in [7, 11) is 0. The molecule has 0 fully saturated rings. The van der Waals surface area contributed by atoms with Gasteiger partial charge in [0, 0.05) is 0 Å². The topological polar surface area (TPSA) is 29.5 Å². The number of hydrogen-bond acceptors (Lipinski definition) is 2. The molecule has 1 aromatic carbocycles. The molecule has 1 rings (SSSR count). The van der Waals surface area contributed by atoms with Gasteiger partial charge >= 0.3 is 0 Å². The Balaban J connectivity index is 2.60. The Labute approximate surface area is 105 Å². The van der Waals surface area contributed by atoms with Gasteiger partial charge in [0.1, 0.15) is 5.75 Å². The van der Waals surface area contributed by atoms with Gasteiger partial charge in [-0.05, 0) is 50.3 Å². The molecule has 0 saturated carbocycles. The molecule has 0 heterocycles. The molecule has 2 nitrogen and oxygen atoms in total. The van der Waals surface area contributed by atoms with Crippen molar-refractivity contribution in [3.8, 4) is 5.75 Å². The van der Waals surface area contributed by atoms with Gasteiger partial charge in [0.15, 0.2) is 0 Å². The van der Waals surface area contributed by atoms with Crippen LogP contribution in [0, 0.1) is 5.92 Å². The van der Waals surface area contributed by atoms with Crippen LogP contribution in [0.1, 0.15) is 39.7 Å². The monoisotopic (exact) mass is 236 g/mol. The molecule has 2 heteroatoms. The molecule has 0 aliphatic heterocycles. The van der Waals surface area contributed by atoms with Crippen LogP contribution in [0.5, 0.6) is 5.75 Å². The molecule has 17 heavy (non-hydrogen) atoms. The van der Waals surface area contributed by atoms with Crippen LogP contribution in [-0.2, 0) is 6.42 Å². The van der Waals surface area contributed by atoms with Crippen LogP contribution in [0.25, 0.3) is 0 Å². The zero-order valence-corrected chi connectivity index (χ0v) is 11.4. The maximum atomic E-state index is 10.2. The third-order valence-electron chi connectivity index (χ3n) is 3.37. The summed E-state index contributed by atoms with van der Waals surface area (Å²) in [4.78, 5) is 0. The highest BCUT2D eigenvalue weighted by Gasteiger charge is 2.24. The van der Waals surface area contributed by atoms with Gasteiger partial charge in [0.25, 0.3) is 0 Å². The minimum absolute atomic E-state index is 0.276. The first kappa shape index (κ1) is 14.0. The fourth-order valence-electron chi connectivity index (χ4n) is 1.64. The van der Waals surface area contributed by atoms with Gasteiger partial charge in [-0.15, -0.1) is 0 Å². The molecular formula is C15H24O2. The summed E-state index contributed by atoms with van der Waals surface area (Å²) in [6.07, 6.45) is 1.66. The van der Waals surface area contributed by atoms with Gasteiger partial charge in [0.05, 0.1) is 12.2 Å². The van der Waals surface area contributed by atoms with Gasteiger partial charge < -0.3 is 9.84 Å². The average molecular weight is 236 g/mol. The largest absolute Gasteiger partial charge is 0.494 e. The third kappa shape index (κ3) is 4.39. The van der Waals surface area contributed by atoms with Crippen LogP contribution in [0.4, 0.5) is 0 Å². The average Bonchev–Trinajstić information content (AvgIpc) is 2.27. The molecule has 1 atom stereocenters. The predicted octanol–water partition coefficient (Wildman–Crippen LogP) is 3.42. The van der Waals surface area contributed by atoms with Crippen molar-refractivity contribution in [1.82, 2.24) is 0 Å². The zero-order chi connectivity index (χ0) is 12.9. The lowest BCUT2D eigenvalue weighted by Gasteiger charge is -2.27. The van der Waals surface area contributed by atoms with Crippen molar-refractivity contribution in [2.24, 2.45) is 5.92 Å². The molecule has 0 spiro atoms. The molecule has 1 aromatic rings. The minimum atomic E-state index is -0.596. The van der Waals surface area contributed by atoms with Gasteiger partial charge in [0.2, 0.25) is 0 Å².